The van der Waals surface area contributed by atoms with Gasteiger partial charge in [-0.3, -0.25) is 0 Å². The SMILES string of the molecule is COC(=O)c1cc(S(=O)(=O)NCC(C)(C)N)cs1. The second-order valence-electron chi connectivity index (χ2n) is 4.45. The standard InChI is InChI=1S/C10H16N2O4S2/c1-10(2,11)6-12-18(14,15)7-4-8(17-5-7)9(13)16-3/h4-5,12H,6,11H2,1-3H3. The topological polar surface area (TPSA) is 98.5 Å². The first-order valence-corrected chi connectivity index (χ1v) is 7.47. The number of rotatable bonds is 5. The van der Waals surface area contributed by atoms with E-state index in [4.69, 9.17) is 5.73 Å². The minimum absolute atomic E-state index is 0.0390. The summed E-state index contributed by atoms with van der Waals surface area (Å²) in [5.41, 5.74) is 5.05. The minimum Gasteiger partial charge on any atom is -0.465 e. The number of hydrogen-bond acceptors (Lipinski definition) is 6. The molecule has 1 rings (SSSR count). The maximum Gasteiger partial charge on any atom is 0.348 e. The number of nitrogens with one attached hydrogen (secondary N) is 1. The quantitative estimate of drug-likeness (QED) is 0.772. The van der Waals surface area contributed by atoms with Crippen molar-refractivity contribution in [3.63, 3.8) is 0 Å². The van der Waals surface area contributed by atoms with Crippen LogP contribution in [0.1, 0.15) is 23.5 Å². The highest BCUT2D eigenvalue weighted by Crippen LogP contribution is 2.20. The number of methoxy groups -OCH3 is 1. The lowest BCUT2D eigenvalue weighted by atomic mass is 10.1. The molecule has 18 heavy (non-hydrogen) atoms. The normalized spacial score (nSPS) is 12.4. The van der Waals surface area contributed by atoms with Gasteiger partial charge in [-0.15, -0.1) is 11.3 Å². The summed E-state index contributed by atoms with van der Waals surface area (Å²) in [4.78, 5) is 11.5. The van der Waals surface area contributed by atoms with Gasteiger partial charge in [0.2, 0.25) is 10.0 Å². The molecule has 1 aromatic heterocycles. The molecule has 0 saturated heterocycles. The Balaban J connectivity index is 2.86. The van der Waals surface area contributed by atoms with E-state index in [9.17, 15) is 13.2 Å². The van der Waals surface area contributed by atoms with Crippen LogP contribution in [0.3, 0.4) is 0 Å². The van der Waals surface area contributed by atoms with Gasteiger partial charge in [0.05, 0.1) is 12.0 Å². The van der Waals surface area contributed by atoms with Gasteiger partial charge in [0, 0.05) is 17.5 Å². The van der Waals surface area contributed by atoms with E-state index >= 15 is 0 Å². The van der Waals surface area contributed by atoms with Gasteiger partial charge in [-0.05, 0) is 19.9 Å². The van der Waals surface area contributed by atoms with Crippen LogP contribution in [0.15, 0.2) is 16.3 Å². The number of sulfonamides is 1. The number of esters is 1. The van der Waals surface area contributed by atoms with Crippen molar-refractivity contribution in [2.24, 2.45) is 5.73 Å². The zero-order valence-corrected chi connectivity index (χ0v) is 12.0. The van der Waals surface area contributed by atoms with Crippen molar-refractivity contribution in [3.05, 3.63) is 16.3 Å². The Morgan fingerprint density at radius 3 is 2.67 bits per heavy atom. The molecular weight excluding hydrogens is 276 g/mol. The summed E-state index contributed by atoms with van der Waals surface area (Å²) in [5.74, 6) is -0.555. The van der Waals surface area contributed by atoms with Crippen molar-refractivity contribution in [1.29, 1.82) is 0 Å². The molecule has 0 aliphatic heterocycles. The molecule has 0 unspecified atom stereocenters. The Kier molecular flexibility index (Phi) is 4.49. The van der Waals surface area contributed by atoms with Crippen LogP contribution in [0.5, 0.6) is 0 Å². The molecular formula is C10H16N2O4S2. The van der Waals surface area contributed by atoms with Crippen molar-refractivity contribution in [2.45, 2.75) is 24.3 Å². The molecule has 1 aromatic rings. The molecule has 3 N–H and O–H groups in total. The fourth-order valence-corrected chi connectivity index (χ4v) is 3.44. The van der Waals surface area contributed by atoms with E-state index in [1.807, 2.05) is 0 Å². The molecule has 6 nitrogen and oxygen atoms in total. The predicted molar refractivity (Wildman–Crippen MR) is 69.1 cm³/mol. The monoisotopic (exact) mass is 292 g/mol. The van der Waals surface area contributed by atoms with E-state index < -0.39 is 21.5 Å². The Morgan fingerprint density at radius 2 is 2.17 bits per heavy atom. The first-order valence-electron chi connectivity index (χ1n) is 5.11. The summed E-state index contributed by atoms with van der Waals surface area (Å²) < 4.78 is 30.7. The minimum atomic E-state index is -3.64. The first-order chi connectivity index (χ1) is 8.15. The molecule has 0 spiro atoms. The number of nitrogens with two attached hydrogens (primary N) is 1. The van der Waals surface area contributed by atoms with E-state index in [2.05, 4.69) is 9.46 Å². The zero-order chi connectivity index (χ0) is 14.0. The molecule has 0 amide bonds. The van der Waals surface area contributed by atoms with Gasteiger partial charge < -0.3 is 10.5 Å². The lowest BCUT2D eigenvalue weighted by molar-refractivity contribution is 0.0606. The molecule has 0 fully saturated rings. The van der Waals surface area contributed by atoms with Gasteiger partial charge in [-0.2, -0.15) is 0 Å². The molecule has 102 valence electrons. The summed E-state index contributed by atoms with van der Waals surface area (Å²) in [5, 5.41) is 1.39. The second kappa shape index (κ2) is 5.35. The molecule has 0 aromatic carbocycles. The number of carbonyl (C=O) groups is 1. The van der Waals surface area contributed by atoms with Crippen LogP contribution in [-0.2, 0) is 14.8 Å². The van der Waals surface area contributed by atoms with Crippen molar-refractivity contribution < 1.29 is 17.9 Å². The van der Waals surface area contributed by atoms with Crippen LogP contribution in [0.4, 0.5) is 0 Å². The highest BCUT2D eigenvalue weighted by Gasteiger charge is 2.21. The van der Waals surface area contributed by atoms with E-state index in [1.54, 1.807) is 13.8 Å². The molecule has 0 saturated carbocycles. The average molecular weight is 292 g/mol. The summed E-state index contributed by atoms with van der Waals surface area (Å²) >= 11 is 1.02. The van der Waals surface area contributed by atoms with Crippen LogP contribution in [0, 0.1) is 0 Å². The van der Waals surface area contributed by atoms with E-state index in [0.717, 1.165) is 11.3 Å². The average Bonchev–Trinajstić information content (AvgIpc) is 2.74. The molecule has 8 heteroatoms. The molecule has 1 heterocycles. The van der Waals surface area contributed by atoms with Gasteiger partial charge in [0.25, 0.3) is 0 Å². The Labute approximate surface area is 110 Å². The summed E-state index contributed by atoms with van der Waals surface area (Å²) in [6.07, 6.45) is 0. The van der Waals surface area contributed by atoms with Crippen LogP contribution < -0.4 is 10.5 Å². The third-order valence-electron chi connectivity index (χ3n) is 1.99. The van der Waals surface area contributed by atoms with Crippen LogP contribution >= 0.6 is 11.3 Å². The fourth-order valence-electron chi connectivity index (χ4n) is 1.03. The Morgan fingerprint density at radius 1 is 1.56 bits per heavy atom. The number of thiophene rings is 1. The smallest absolute Gasteiger partial charge is 0.348 e. The van der Waals surface area contributed by atoms with Gasteiger partial charge in [0.15, 0.2) is 0 Å². The second-order valence-corrected chi connectivity index (χ2v) is 7.13. The highest BCUT2D eigenvalue weighted by atomic mass is 32.2. The molecule has 0 atom stereocenters. The largest absolute Gasteiger partial charge is 0.465 e. The van der Waals surface area contributed by atoms with Crippen molar-refractivity contribution in [1.82, 2.24) is 4.72 Å². The lowest BCUT2D eigenvalue weighted by Crippen LogP contribution is -2.44. The molecule has 0 bridgehead atoms. The first kappa shape index (κ1) is 15.1. The van der Waals surface area contributed by atoms with Crippen molar-refractivity contribution in [2.75, 3.05) is 13.7 Å². The Hall–Kier alpha value is -0.960. The number of ether oxygens (including phenoxy) is 1. The van der Waals surface area contributed by atoms with Crippen molar-refractivity contribution >= 4 is 27.3 Å². The lowest BCUT2D eigenvalue weighted by Gasteiger charge is -2.18. The predicted octanol–water partition coefficient (Wildman–Crippen LogP) is 0.550. The molecule has 0 aliphatic carbocycles. The zero-order valence-electron chi connectivity index (χ0n) is 10.4. The maximum absolute atomic E-state index is 11.9. The summed E-state index contributed by atoms with van der Waals surface area (Å²) in [6.45, 7) is 3.53. The van der Waals surface area contributed by atoms with Gasteiger partial charge in [-0.1, -0.05) is 0 Å². The van der Waals surface area contributed by atoms with E-state index in [-0.39, 0.29) is 16.3 Å². The third kappa shape index (κ3) is 4.05. The van der Waals surface area contributed by atoms with Crippen LogP contribution in [0.25, 0.3) is 0 Å². The summed E-state index contributed by atoms with van der Waals surface area (Å²) in [6, 6.07) is 1.28. The fraction of sp³-hybridized carbons (Fsp3) is 0.500. The maximum atomic E-state index is 11.9. The van der Waals surface area contributed by atoms with E-state index in [1.165, 1.54) is 18.6 Å². The Bertz CT molecular complexity index is 528. The van der Waals surface area contributed by atoms with Gasteiger partial charge in [0.1, 0.15) is 4.88 Å². The molecule has 0 aliphatic rings. The van der Waals surface area contributed by atoms with Crippen molar-refractivity contribution in [3.8, 4) is 0 Å². The molecule has 0 radical (unpaired) electrons. The highest BCUT2D eigenvalue weighted by molar-refractivity contribution is 7.89. The van der Waals surface area contributed by atoms with Crippen LogP contribution in [0.2, 0.25) is 0 Å². The number of hydrogen-bond donors (Lipinski definition) is 2. The van der Waals surface area contributed by atoms with Gasteiger partial charge in [-0.25, -0.2) is 17.9 Å². The van der Waals surface area contributed by atoms with Gasteiger partial charge >= 0.3 is 5.97 Å². The number of carbonyl (C=O) groups excluding carboxylic acids is 1. The van der Waals surface area contributed by atoms with Crippen LogP contribution in [-0.4, -0.2) is 33.6 Å². The van der Waals surface area contributed by atoms with E-state index in [0.29, 0.717) is 0 Å². The third-order valence-corrected chi connectivity index (χ3v) is 4.43. The summed E-state index contributed by atoms with van der Waals surface area (Å²) in [7, 11) is -2.40.